The topological polar surface area (TPSA) is 26.7 Å². The van der Waals surface area contributed by atoms with E-state index in [2.05, 4.69) is 35.9 Å². The Hall–Kier alpha value is -0.790. The summed E-state index contributed by atoms with van der Waals surface area (Å²) in [5, 5.41) is 10.5. The van der Waals surface area contributed by atoms with Gasteiger partial charge in [0.05, 0.1) is 4.88 Å². The van der Waals surface area contributed by atoms with Crippen molar-refractivity contribution in [2.24, 2.45) is 0 Å². The Morgan fingerprint density at radius 2 is 1.52 bits per heavy atom. The molecule has 184 valence electrons. The maximum Gasteiger partial charge on any atom is 0.120 e. The minimum Gasteiger partial charge on any atom is -0.508 e. The zero-order chi connectivity index (χ0) is 23.5. The number of benzene rings is 1. The minimum absolute atomic E-state index is 0.410. The normalized spacial score (nSPS) is 15.3. The number of likely N-dealkylation sites (N-methyl/N-ethyl adjacent to an activating group) is 1. The molecule has 33 heavy (non-hydrogen) atoms. The number of piperazine rings is 1. The predicted molar refractivity (Wildman–Crippen MR) is 148 cm³/mol. The van der Waals surface area contributed by atoms with Gasteiger partial charge in [0.2, 0.25) is 0 Å². The molecule has 0 bridgehead atoms. The summed E-state index contributed by atoms with van der Waals surface area (Å²) >= 11 is 5.71. The van der Waals surface area contributed by atoms with Crippen LogP contribution in [0.2, 0.25) is 0 Å². The van der Waals surface area contributed by atoms with E-state index in [1.54, 1.807) is 10.3 Å². The van der Waals surface area contributed by atoms with Gasteiger partial charge < -0.3 is 10.0 Å². The van der Waals surface area contributed by atoms with E-state index in [1.165, 1.54) is 80.2 Å². The monoisotopic (exact) mass is 506 g/mol. The van der Waals surface area contributed by atoms with E-state index in [-0.39, 0.29) is 0 Å². The average Bonchev–Trinajstić information content (AvgIpc) is 3.18. The van der Waals surface area contributed by atoms with Crippen molar-refractivity contribution in [2.45, 2.75) is 84.1 Å². The van der Waals surface area contributed by atoms with Gasteiger partial charge in [-0.1, -0.05) is 97.6 Å². The fraction of sp³-hybridized carbons (Fsp3) is 0.667. The van der Waals surface area contributed by atoms with Crippen molar-refractivity contribution in [1.82, 2.24) is 9.80 Å². The smallest absolute Gasteiger partial charge is 0.120 e. The van der Waals surface area contributed by atoms with Crippen LogP contribution in [0, 0.1) is 3.82 Å². The third kappa shape index (κ3) is 8.74. The molecule has 0 amide bonds. The van der Waals surface area contributed by atoms with Crippen LogP contribution in [0.4, 0.5) is 0 Å². The highest BCUT2D eigenvalue weighted by Crippen LogP contribution is 2.37. The molecule has 2 heterocycles. The van der Waals surface area contributed by atoms with Crippen molar-refractivity contribution in [1.29, 1.82) is 0 Å². The second-order valence-corrected chi connectivity index (χ2v) is 12.4. The van der Waals surface area contributed by atoms with E-state index >= 15 is 0 Å². The van der Waals surface area contributed by atoms with E-state index in [9.17, 15) is 5.11 Å². The van der Waals surface area contributed by atoms with Crippen molar-refractivity contribution in [3.8, 4) is 16.2 Å². The van der Waals surface area contributed by atoms with Crippen LogP contribution < -0.4 is 0 Å². The fourth-order valence-corrected chi connectivity index (χ4v) is 7.60. The van der Waals surface area contributed by atoms with Crippen LogP contribution >= 0.6 is 32.9 Å². The van der Waals surface area contributed by atoms with Crippen LogP contribution in [-0.4, -0.2) is 48.1 Å². The molecule has 0 spiro atoms. The molecule has 1 aliphatic heterocycles. The van der Waals surface area contributed by atoms with Gasteiger partial charge in [0.15, 0.2) is 0 Å². The molecule has 0 atom stereocenters. The standard InChI is InChI=1S/C27H42N2OS3/c1-3-4-5-6-7-8-9-10-11-12-13-24-26(32-33-27(24)31)22-14-15-25(30)23(20-22)21-29-18-16-28(2)17-19-29/h14-15,20,30H,3-13,16-19,21H2,1-2H3. The third-order valence-electron chi connectivity index (χ3n) is 6.83. The van der Waals surface area contributed by atoms with Gasteiger partial charge in [0, 0.05) is 38.3 Å². The van der Waals surface area contributed by atoms with Gasteiger partial charge in [-0.15, -0.1) is 0 Å². The number of unbranched alkanes of at least 4 members (excludes halogenated alkanes) is 9. The van der Waals surface area contributed by atoms with Crippen molar-refractivity contribution in [2.75, 3.05) is 33.2 Å². The number of aromatic hydroxyl groups is 1. The molecule has 3 rings (SSSR count). The second-order valence-electron chi connectivity index (χ2n) is 9.62. The Bertz CT molecular complexity index is 884. The molecular formula is C27H42N2OS3. The molecule has 1 fully saturated rings. The van der Waals surface area contributed by atoms with E-state index in [0.29, 0.717) is 5.75 Å². The van der Waals surface area contributed by atoms with E-state index < -0.39 is 0 Å². The molecule has 1 N–H and O–H groups in total. The Kier molecular flexibility index (Phi) is 11.8. The summed E-state index contributed by atoms with van der Waals surface area (Å²) in [4.78, 5) is 6.13. The summed E-state index contributed by atoms with van der Waals surface area (Å²) in [6, 6.07) is 6.14. The highest BCUT2D eigenvalue weighted by atomic mass is 32.9. The highest BCUT2D eigenvalue weighted by molar-refractivity contribution is 7.80. The first-order valence-electron chi connectivity index (χ1n) is 12.9. The summed E-state index contributed by atoms with van der Waals surface area (Å²) in [6.45, 7) is 7.40. The first kappa shape index (κ1) is 26.8. The zero-order valence-electron chi connectivity index (χ0n) is 20.6. The maximum absolute atomic E-state index is 10.5. The summed E-state index contributed by atoms with van der Waals surface area (Å²) in [7, 11) is 5.71. The molecule has 0 unspecified atom stereocenters. The number of nitrogens with zero attached hydrogens (tertiary/aromatic N) is 2. The van der Waals surface area contributed by atoms with Crippen molar-refractivity contribution in [3.05, 3.63) is 33.1 Å². The molecule has 0 saturated carbocycles. The third-order valence-corrected chi connectivity index (χ3v) is 10.0. The molecular weight excluding hydrogens is 465 g/mol. The lowest BCUT2D eigenvalue weighted by Gasteiger charge is -2.32. The largest absolute Gasteiger partial charge is 0.508 e. The molecule has 1 aromatic carbocycles. The summed E-state index contributed by atoms with van der Waals surface area (Å²) < 4.78 is 1.06. The highest BCUT2D eigenvalue weighted by Gasteiger charge is 2.17. The fourth-order valence-electron chi connectivity index (χ4n) is 4.60. The Labute approximate surface area is 213 Å². The lowest BCUT2D eigenvalue weighted by molar-refractivity contribution is 0.147. The van der Waals surface area contributed by atoms with Gasteiger partial charge in [-0.25, -0.2) is 0 Å². The Morgan fingerprint density at radius 3 is 2.18 bits per heavy atom. The quantitative estimate of drug-likeness (QED) is 0.159. The SMILES string of the molecule is CCCCCCCCCCCCc1c(-c2ccc(O)c(CN3CCN(C)CC3)c2)ssc1=S. The van der Waals surface area contributed by atoms with E-state index in [1.807, 2.05) is 16.4 Å². The second kappa shape index (κ2) is 14.6. The summed E-state index contributed by atoms with van der Waals surface area (Å²) in [6.07, 6.45) is 14.7. The van der Waals surface area contributed by atoms with Gasteiger partial charge >= 0.3 is 0 Å². The number of rotatable bonds is 14. The molecule has 1 saturated heterocycles. The zero-order valence-corrected chi connectivity index (χ0v) is 23.1. The van der Waals surface area contributed by atoms with Crippen molar-refractivity contribution in [3.63, 3.8) is 0 Å². The summed E-state index contributed by atoms with van der Waals surface area (Å²) in [5.74, 6) is 0.410. The molecule has 1 aliphatic rings. The Balaban J connectivity index is 1.51. The van der Waals surface area contributed by atoms with Gasteiger partial charge in [-0.05, 0) is 49.2 Å². The van der Waals surface area contributed by atoms with Crippen molar-refractivity contribution < 1.29 is 5.11 Å². The van der Waals surface area contributed by atoms with Gasteiger partial charge in [-0.3, -0.25) is 4.90 Å². The van der Waals surface area contributed by atoms with Gasteiger partial charge in [0.25, 0.3) is 0 Å². The molecule has 2 aromatic rings. The predicted octanol–water partition coefficient (Wildman–Crippen LogP) is 8.12. The molecule has 0 radical (unpaired) electrons. The minimum atomic E-state index is 0.410. The number of hydrogen-bond donors (Lipinski definition) is 1. The lowest BCUT2D eigenvalue weighted by atomic mass is 10.0. The first-order chi connectivity index (χ1) is 16.1. The molecule has 3 nitrogen and oxygen atoms in total. The number of hydrogen-bond acceptors (Lipinski definition) is 6. The van der Waals surface area contributed by atoms with Crippen molar-refractivity contribution >= 4 is 32.9 Å². The maximum atomic E-state index is 10.5. The van der Waals surface area contributed by atoms with Crippen LogP contribution in [0.5, 0.6) is 5.75 Å². The molecule has 6 heteroatoms. The first-order valence-corrected chi connectivity index (χ1v) is 15.5. The van der Waals surface area contributed by atoms with Gasteiger partial charge in [0.1, 0.15) is 9.57 Å². The molecule has 0 aliphatic carbocycles. The van der Waals surface area contributed by atoms with Gasteiger partial charge in [-0.2, -0.15) is 0 Å². The van der Waals surface area contributed by atoms with Crippen LogP contribution in [0.3, 0.4) is 0 Å². The van der Waals surface area contributed by atoms with Crippen LogP contribution in [-0.2, 0) is 13.0 Å². The van der Waals surface area contributed by atoms with Crippen LogP contribution in [0.25, 0.3) is 10.4 Å². The van der Waals surface area contributed by atoms with E-state index in [4.69, 9.17) is 12.2 Å². The number of phenolic OH excluding ortho intramolecular Hbond substituents is 1. The summed E-state index contributed by atoms with van der Waals surface area (Å²) in [5.41, 5.74) is 3.61. The van der Waals surface area contributed by atoms with Crippen LogP contribution in [0.1, 0.15) is 82.3 Å². The van der Waals surface area contributed by atoms with E-state index in [0.717, 1.165) is 48.5 Å². The molecule has 1 aromatic heterocycles. The average molecular weight is 507 g/mol. The number of phenols is 1. The Morgan fingerprint density at radius 1 is 0.879 bits per heavy atom. The van der Waals surface area contributed by atoms with Crippen LogP contribution in [0.15, 0.2) is 18.2 Å². The lowest BCUT2D eigenvalue weighted by Crippen LogP contribution is -2.43.